The van der Waals surface area contributed by atoms with E-state index >= 15 is 0 Å². The van der Waals surface area contributed by atoms with E-state index in [2.05, 4.69) is 26.1 Å². The van der Waals surface area contributed by atoms with Gasteiger partial charge >= 0.3 is 5.97 Å². The molecule has 1 rings (SSSR count). The Morgan fingerprint density at radius 1 is 1.21 bits per heavy atom. The van der Waals surface area contributed by atoms with E-state index in [1.807, 2.05) is 0 Å². The molecule has 0 bridgehead atoms. The van der Waals surface area contributed by atoms with Gasteiger partial charge in [-0.2, -0.15) is 0 Å². The second-order valence-electron chi connectivity index (χ2n) is 7.08. The molecule has 1 aliphatic rings. The number of carbonyl (C=O) groups is 1. The van der Waals surface area contributed by atoms with Crippen LogP contribution in [0.4, 0.5) is 0 Å². The van der Waals surface area contributed by atoms with Crippen molar-refractivity contribution < 1.29 is 14.6 Å². The van der Waals surface area contributed by atoms with Crippen molar-refractivity contribution in [2.45, 2.75) is 71.4 Å². The van der Waals surface area contributed by atoms with Crippen LogP contribution in [0, 0.1) is 5.41 Å². The molecule has 0 amide bonds. The highest BCUT2D eigenvalue weighted by atomic mass is 16.5. The van der Waals surface area contributed by atoms with Gasteiger partial charge in [0, 0.05) is 19.3 Å². The average Bonchev–Trinajstić information content (AvgIpc) is 3.05. The minimum absolute atomic E-state index is 0.295. The van der Waals surface area contributed by atoms with Gasteiger partial charge in [0.1, 0.15) is 5.54 Å². The Morgan fingerprint density at radius 2 is 1.84 bits per heavy atom. The van der Waals surface area contributed by atoms with E-state index in [1.54, 1.807) is 6.92 Å². The Labute approximate surface area is 116 Å². The minimum Gasteiger partial charge on any atom is -0.480 e. The van der Waals surface area contributed by atoms with Crippen molar-refractivity contribution in [2.75, 3.05) is 13.2 Å². The molecule has 4 nitrogen and oxygen atoms in total. The molecule has 1 saturated carbocycles. The van der Waals surface area contributed by atoms with Crippen LogP contribution in [0.2, 0.25) is 0 Å². The van der Waals surface area contributed by atoms with Gasteiger partial charge in [0.25, 0.3) is 0 Å². The molecule has 0 heterocycles. The summed E-state index contributed by atoms with van der Waals surface area (Å²) in [4.78, 5) is 11.3. The van der Waals surface area contributed by atoms with Crippen LogP contribution in [0.15, 0.2) is 0 Å². The number of nitrogens with one attached hydrogen (secondary N) is 1. The van der Waals surface area contributed by atoms with Crippen LogP contribution in [0.3, 0.4) is 0 Å². The third kappa shape index (κ3) is 6.92. The molecule has 2 N–H and O–H groups in total. The molecule has 19 heavy (non-hydrogen) atoms. The molecule has 0 aromatic carbocycles. The van der Waals surface area contributed by atoms with Gasteiger partial charge in [-0.15, -0.1) is 0 Å². The van der Waals surface area contributed by atoms with E-state index in [0.29, 0.717) is 24.5 Å². The summed E-state index contributed by atoms with van der Waals surface area (Å²) in [5, 5.41) is 12.5. The molecule has 0 aromatic heterocycles. The number of rotatable bonds is 9. The highest BCUT2D eigenvalue weighted by molar-refractivity contribution is 5.78. The number of hydrogen-bond acceptors (Lipinski definition) is 3. The lowest BCUT2D eigenvalue weighted by molar-refractivity contribution is -0.144. The zero-order valence-corrected chi connectivity index (χ0v) is 12.8. The largest absolute Gasteiger partial charge is 0.480 e. The van der Waals surface area contributed by atoms with Gasteiger partial charge in [0.05, 0.1) is 0 Å². The topological polar surface area (TPSA) is 58.6 Å². The molecule has 1 unspecified atom stereocenters. The molecular weight excluding hydrogens is 242 g/mol. The van der Waals surface area contributed by atoms with Gasteiger partial charge in [0.15, 0.2) is 0 Å². The summed E-state index contributed by atoms with van der Waals surface area (Å²) in [5.41, 5.74) is -0.502. The zero-order valence-electron chi connectivity index (χ0n) is 12.8. The Bertz CT molecular complexity index is 294. The van der Waals surface area contributed by atoms with Gasteiger partial charge in [-0.3, -0.25) is 10.1 Å². The number of carboxylic acid groups (broad SMARTS) is 1. The Hall–Kier alpha value is -0.610. The maximum absolute atomic E-state index is 11.3. The number of hydrogen-bond donors (Lipinski definition) is 2. The lowest BCUT2D eigenvalue weighted by Crippen LogP contribution is -2.50. The van der Waals surface area contributed by atoms with Gasteiger partial charge in [0.2, 0.25) is 0 Å². The van der Waals surface area contributed by atoms with Crippen LogP contribution >= 0.6 is 0 Å². The number of aliphatic carboxylic acids is 1. The summed E-state index contributed by atoms with van der Waals surface area (Å²) in [7, 11) is 0. The lowest BCUT2D eigenvalue weighted by atomic mass is 9.93. The molecule has 4 heteroatoms. The maximum atomic E-state index is 11.3. The van der Waals surface area contributed by atoms with Gasteiger partial charge in [-0.05, 0) is 44.4 Å². The molecule has 1 atom stereocenters. The van der Waals surface area contributed by atoms with Crippen molar-refractivity contribution in [3.8, 4) is 0 Å². The normalized spacial score (nSPS) is 19.2. The van der Waals surface area contributed by atoms with Crippen molar-refractivity contribution in [3.05, 3.63) is 0 Å². The second-order valence-corrected chi connectivity index (χ2v) is 7.08. The van der Waals surface area contributed by atoms with Crippen LogP contribution in [-0.4, -0.2) is 35.9 Å². The van der Waals surface area contributed by atoms with Crippen molar-refractivity contribution >= 4 is 5.97 Å². The van der Waals surface area contributed by atoms with E-state index in [4.69, 9.17) is 4.74 Å². The lowest BCUT2D eigenvalue weighted by Gasteiger charge is -2.26. The number of ether oxygens (including phenoxy) is 1. The van der Waals surface area contributed by atoms with Crippen LogP contribution in [0.5, 0.6) is 0 Å². The zero-order chi connectivity index (χ0) is 14.5. The third-order valence-corrected chi connectivity index (χ3v) is 3.53. The van der Waals surface area contributed by atoms with Gasteiger partial charge in [-0.1, -0.05) is 20.8 Å². The summed E-state index contributed by atoms with van der Waals surface area (Å²) in [6.07, 6.45) is 4.64. The van der Waals surface area contributed by atoms with E-state index in [-0.39, 0.29) is 0 Å². The molecule has 0 aromatic rings. The monoisotopic (exact) mass is 271 g/mol. The predicted octanol–water partition coefficient (Wildman–Crippen LogP) is 2.81. The van der Waals surface area contributed by atoms with E-state index in [1.165, 1.54) is 0 Å². The fourth-order valence-electron chi connectivity index (χ4n) is 1.93. The summed E-state index contributed by atoms with van der Waals surface area (Å²) in [6, 6.07) is 0.405. The van der Waals surface area contributed by atoms with Crippen molar-refractivity contribution in [2.24, 2.45) is 5.41 Å². The first-order valence-corrected chi connectivity index (χ1v) is 7.32. The van der Waals surface area contributed by atoms with Gasteiger partial charge in [-0.25, -0.2) is 0 Å². The average molecular weight is 271 g/mol. The van der Waals surface area contributed by atoms with Crippen LogP contribution < -0.4 is 5.32 Å². The Kier molecular flexibility index (Phi) is 5.81. The molecule has 112 valence electrons. The molecular formula is C15H29NO3. The smallest absolute Gasteiger partial charge is 0.323 e. The van der Waals surface area contributed by atoms with E-state index in [9.17, 15) is 9.90 Å². The van der Waals surface area contributed by atoms with Crippen LogP contribution in [-0.2, 0) is 9.53 Å². The van der Waals surface area contributed by atoms with Crippen molar-refractivity contribution in [1.82, 2.24) is 5.32 Å². The summed E-state index contributed by atoms with van der Waals surface area (Å²) in [6.45, 7) is 9.75. The van der Waals surface area contributed by atoms with Crippen LogP contribution in [0.25, 0.3) is 0 Å². The standard InChI is InChI=1S/C15H29NO3/c1-14(2,3)9-11-19-10-5-8-15(4,13(17)18)16-12-6-7-12/h12,16H,5-11H2,1-4H3,(H,17,18). The van der Waals surface area contributed by atoms with E-state index in [0.717, 1.165) is 32.3 Å². The highest BCUT2D eigenvalue weighted by Crippen LogP contribution is 2.25. The summed E-state index contributed by atoms with van der Waals surface area (Å²) >= 11 is 0. The molecule has 1 fully saturated rings. The highest BCUT2D eigenvalue weighted by Gasteiger charge is 2.37. The number of carboxylic acids is 1. The van der Waals surface area contributed by atoms with E-state index < -0.39 is 11.5 Å². The molecule has 1 aliphatic carbocycles. The Morgan fingerprint density at radius 3 is 2.32 bits per heavy atom. The minimum atomic E-state index is -0.797. The van der Waals surface area contributed by atoms with Crippen molar-refractivity contribution in [1.29, 1.82) is 0 Å². The SMILES string of the molecule is CC(C)(C)CCOCCCC(C)(NC1CC1)C(=O)O. The maximum Gasteiger partial charge on any atom is 0.323 e. The first-order chi connectivity index (χ1) is 8.73. The quantitative estimate of drug-likeness (QED) is 0.633. The molecule has 0 radical (unpaired) electrons. The molecule has 0 spiro atoms. The second kappa shape index (κ2) is 6.71. The predicted molar refractivity (Wildman–Crippen MR) is 76.3 cm³/mol. The fourth-order valence-corrected chi connectivity index (χ4v) is 1.93. The summed E-state index contributed by atoms with van der Waals surface area (Å²) in [5.74, 6) is -0.755. The Balaban J connectivity index is 2.16. The molecule has 0 saturated heterocycles. The van der Waals surface area contributed by atoms with Crippen molar-refractivity contribution in [3.63, 3.8) is 0 Å². The first kappa shape index (κ1) is 16.4. The van der Waals surface area contributed by atoms with Gasteiger partial charge < -0.3 is 9.84 Å². The summed E-state index contributed by atoms with van der Waals surface area (Å²) < 4.78 is 5.58. The van der Waals surface area contributed by atoms with Crippen LogP contribution in [0.1, 0.15) is 59.8 Å². The molecule has 0 aliphatic heterocycles. The fraction of sp³-hybridized carbons (Fsp3) is 0.933. The third-order valence-electron chi connectivity index (χ3n) is 3.53. The first-order valence-electron chi connectivity index (χ1n) is 7.32.